The Labute approximate surface area is 116 Å². The molecule has 1 aliphatic rings. The fourth-order valence-corrected chi connectivity index (χ4v) is 3.33. The second kappa shape index (κ2) is 5.28. The number of sulfonamides is 1. The van der Waals surface area contributed by atoms with E-state index in [-0.39, 0.29) is 11.4 Å². The van der Waals surface area contributed by atoms with Gasteiger partial charge in [-0.15, -0.1) is 0 Å². The van der Waals surface area contributed by atoms with Crippen LogP contribution in [0.25, 0.3) is 0 Å². The Bertz CT molecular complexity index is 509. The number of benzene rings is 1. The second-order valence-corrected chi connectivity index (χ2v) is 7.01. The van der Waals surface area contributed by atoms with Crippen molar-refractivity contribution in [2.45, 2.75) is 35.1 Å². The van der Waals surface area contributed by atoms with E-state index in [9.17, 15) is 13.5 Å². The van der Waals surface area contributed by atoms with E-state index in [1.54, 1.807) is 24.3 Å². The summed E-state index contributed by atoms with van der Waals surface area (Å²) in [5.74, 6) is 0. The van der Waals surface area contributed by atoms with Crippen LogP contribution in [0.5, 0.6) is 0 Å². The summed E-state index contributed by atoms with van der Waals surface area (Å²) in [5, 5.41) is 10.6. The maximum absolute atomic E-state index is 12.0. The zero-order valence-corrected chi connectivity index (χ0v) is 12.3. The van der Waals surface area contributed by atoms with Crippen LogP contribution in [-0.4, -0.2) is 25.7 Å². The van der Waals surface area contributed by atoms with Crippen molar-refractivity contribution in [1.82, 2.24) is 4.72 Å². The van der Waals surface area contributed by atoms with Crippen molar-refractivity contribution < 1.29 is 13.5 Å². The molecule has 2 N–H and O–H groups in total. The molecule has 0 radical (unpaired) electrons. The van der Waals surface area contributed by atoms with E-state index >= 15 is 0 Å². The molecule has 0 aliphatic heterocycles. The number of halogens is 1. The lowest BCUT2D eigenvalue weighted by Gasteiger charge is -2.36. The lowest BCUT2D eigenvalue weighted by atomic mass is 9.81. The summed E-state index contributed by atoms with van der Waals surface area (Å²) in [6, 6.07) is 6.68. The summed E-state index contributed by atoms with van der Waals surface area (Å²) in [4.78, 5) is 0.232. The molecule has 100 valence electrons. The molecule has 1 saturated carbocycles. The SMILES string of the molecule is O=S(=O)(NCC1(O)CCC1)c1ccc(CBr)cc1. The molecule has 0 aromatic heterocycles. The molecule has 2 rings (SSSR count). The predicted molar refractivity (Wildman–Crippen MR) is 73.1 cm³/mol. The quantitative estimate of drug-likeness (QED) is 0.807. The molecular weight excluding hydrogens is 318 g/mol. The number of hydrogen-bond donors (Lipinski definition) is 2. The molecule has 1 fully saturated rings. The van der Waals surface area contributed by atoms with Gasteiger partial charge in [0, 0.05) is 11.9 Å². The van der Waals surface area contributed by atoms with Crippen LogP contribution in [0.3, 0.4) is 0 Å². The average molecular weight is 334 g/mol. The fraction of sp³-hybridized carbons (Fsp3) is 0.500. The minimum absolute atomic E-state index is 0.0928. The number of aliphatic hydroxyl groups is 1. The van der Waals surface area contributed by atoms with Crippen LogP contribution in [0.4, 0.5) is 0 Å². The predicted octanol–water partition coefficient (Wildman–Crippen LogP) is 1.77. The normalized spacial score (nSPS) is 18.3. The molecule has 1 aliphatic carbocycles. The molecule has 1 aromatic rings. The third-order valence-corrected chi connectivity index (χ3v) is 5.33. The second-order valence-electron chi connectivity index (χ2n) is 4.68. The first-order chi connectivity index (χ1) is 8.45. The molecule has 18 heavy (non-hydrogen) atoms. The Balaban J connectivity index is 2.05. The fourth-order valence-electron chi connectivity index (χ4n) is 1.83. The van der Waals surface area contributed by atoms with E-state index in [0.29, 0.717) is 18.2 Å². The van der Waals surface area contributed by atoms with Gasteiger partial charge in [-0.1, -0.05) is 28.1 Å². The van der Waals surface area contributed by atoms with Crippen LogP contribution in [0.2, 0.25) is 0 Å². The molecular formula is C12H16BrNO3S. The van der Waals surface area contributed by atoms with Gasteiger partial charge >= 0.3 is 0 Å². The Morgan fingerprint density at radius 1 is 1.28 bits per heavy atom. The van der Waals surface area contributed by atoms with E-state index in [4.69, 9.17) is 0 Å². The summed E-state index contributed by atoms with van der Waals surface area (Å²) in [6.07, 6.45) is 2.29. The molecule has 0 heterocycles. The van der Waals surface area contributed by atoms with Gasteiger partial charge in [0.25, 0.3) is 0 Å². The van der Waals surface area contributed by atoms with Crippen LogP contribution >= 0.6 is 15.9 Å². The van der Waals surface area contributed by atoms with Crippen LogP contribution in [-0.2, 0) is 15.4 Å². The summed E-state index contributed by atoms with van der Waals surface area (Å²) < 4.78 is 26.4. The van der Waals surface area contributed by atoms with Crippen molar-refractivity contribution in [3.8, 4) is 0 Å². The van der Waals surface area contributed by atoms with E-state index in [2.05, 4.69) is 20.7 Å². The molecule has 0 spiro atoms. The van der Waals surface area contributed by atoms with Gasteiger partial charge in [-0.3, -0.25) is 0 Å². The van der Waals surface area contributed by atoms with Gasteiger partial charge in [0.2, 0.25) is 10.0 Å². The topological polar surface area (TPSA) is 66.4 Å². The van der Waals surface area contributed by atoms with Gasteiger partial charge in [-0.05, 0) is 37.0 Å². The zero-order valence-electron chi connectivity index (χ0n) is 9.89. The molecule has 0 bridgehead atoms. The van der Waals surface area contributed by atoms with Crippen LogP contribution in [0, 0.1) is 0 Å². The third kappa shape index (κ3) is 3.12. The van der Waals surface area contributed by atoms with E-state index in [0.717, 1.165) is 12.0 Å². The first kappa shape index (κ1) is 14.0. The van der Waals surface area contributed by atoms with E-state index in [1.807, 2.05) is 0 Å². The molecule has 0 atom stereocenters. The summed E-state index contributed by atoms with van der Waals surface area (Å²) >= 11 is 3.31. The lowest BCUT2D eigenvalue weighted by Crippen LogP contribution is -2.47. The Morgan fingerprint density at radius 3 is 2.33 bits per heavy atom. The van der Waals surface area contributed by atoms with Crippen molar-refractivity contribution >= 4 is 26.0 Å². The largest absolute Gasteiger partial charge is 0.389 e. The lowest BCUT2D eigenvalue weighted by molar-refractivity contribution is -0.0270. The van der Waals surface area contributed by atoms with Crippen molar-refractivity contribution in [1.29, 1.82) is 0 Å². The van der Waals surface area contributed by atoms with Gasteiger partial charge in [-0.2, -0.15) is 0 Å². The number of hydrogen-bond acceptors (Lipinski definition) is 3. The number of nitrogens with one attached hydrogen (secondary N) is 1. The van der Waals surface area contributed by atoms with E-state index < -0.39 is 15.6 Å². The van der Waals surface area contributed by atoms with Gasteiger partial charge in [-0.25, -0.2) is 13.1 Å². The maximum atomic E-state index is 12.0. The van der Waals surface area contributed by atoms with E-state index in [1.165, 1.54) is 0 Å². The number of rotatable bonds is 5. The molecule has 6 heteroatoms. The highest BCUT2D eigenvalue weighted by Crippen LogP contribution is 2.31. The van der Waals surface area contributed by atoms with Crippen LogP contribution < -0.4 is 4.72 Å². The molecule has 1 aromatic carbocycles. The molecule has 4 nitrogen and oxygen atoms in total. The van der Waals surface area contributed by atoms with Crippen LogP contribution in [0.15, 0.2) is 29.2 Å². The third-order valence-electron chi connectivity index (χ3n) is 3.26. The van der Waals surface area contributed by atoms with Gasteiger partial charge in [0.15, 0.2) is 0 Å². The summed E-state index contributed by atoms with van der Waals surface area (Å²) in [6.45, 7) is 0.0928. The summed E-state index contributed by atoms with van der Waals surface area (Å²) in [7, 11) is -3.52. The summed E-state index contributed by atoms with van der Waals surface area (Å²) in [5.41, 5.74) is 0.176. The minimum atomic E-state index is -3.52. The van der Waals surface area contributed by atoms with Gasteiger partial charge in [0.05, 0.1) is 10.5 Å². The van der Waals surface area contributed by atoms with Gasteiger partial charge < -0.3 is 5.11 Å². The first-order valence-corrected chi connectivity index (χ1v) is 8.43. The highest BCUT2D eigenvalue weighted by atomic mass is 79.9. The Kier molecular flexibility index (Phi) is 4.11. The average Bonchev–Trinajstić information content (AvgIpc) is 2.34. The van der Waals surface area contributed by atoms with Gasteiger partial charge in [0.1, 0.15) is 0 Å². The van der Waals surface area contributed by atoms with Crippen molar-refractivity contribution in [2.75, 3.05) is 6.54 Å². The number of alkyl halides is 1. The van der Waals surface area contributed by atoms with Crippen molar-refractivity contribution in [3.05, 3.63) is 29.8 Å². The minimum Gasteiger partial charge on any atom is -0.389 e. The highest BCUT2D eigenvalue weighted by molar-refractivity contribution is 9.08. The van der Waals surface area contributed by atoms with Crippen molar-refractivity contribution in [3.63, 3.8) is 0 Å². The maximum Gasteiger partial charge on any atom is 0.240 e. The molecule has 0 unspecified atom stereocenters. The highest BCUT2D eigenvalue weighted by Gasteiger charge is 2.35. The smallest absolute Gasteiger partial charge is 0.240 e. The monoisotopic (exact) mass is 333 g/mol. The zero-order chi connectivity index (χ0) is 13.2. The molecule has 0 saturated heterocycles. The first-order valence-electron chi connectivity index (χ1n) is 5.82. The van der Waals surface area contributed by atoms with Crippen LogP contribution in [0.1, 0.15) is 24.8 Å². The van der Waals surface area contributed by atoms with Crippen molar-refractivity contribution in [2.24, 2.45) is 0 Å². The standard InChI is InChI=1S/C12H16BrNO3S/c13-8-10-2-4-11(5-3-10)18(16,17)14-9-12(15)6-1-7-12/h2-5,14-15H,1,6-9H2. The molecule has 0 amide bonds. The Hall–Kier alpha value is -0.430. The Morgan fingerprint density at radius 2 is 1.89 bits per heavy atom.